The van der Waals surface area contributed by atoms with Gasteiger partial charge >= 0.3 is 0 Å². The van der Waals surface area contributed by atoms with E-state index in [2.05, 4.69) is 19.9 Å². The molecule has 0 aliphatic carbocycles. The Balaban J connectivity index is 1.40. The Morgan fingerprint density at radius 1 is 1.17 bits per heavy atom. The number of hydrogen-bond donors (Lipinski definition) is 2. The number of aromatic nitrogens is 1. The van der Waals surface area contributed by atoms with E-state index in [-0.39, 0.29) is 15.9 Å². The van der Waals surface area contributed by atoms with Gasteiger partial charge in [-0.2, -0.15) is 0 Å². The van der Waals surface area contributed by atoms with Gasteiger partial charge in [0, 0.05) is 17.5 Å². The second-order valence-corrected chi connectivity index (χ2v) is 10.9. The molecule has 2 N–H and O–H groups in total. The molecular formula is C21H28N4O3S2. The fourth-order valence-electron chi connectivity index (χ4n) is 4.55. The number of nitrogens with one attached hydrogen (secondary N) is 2. The zero-order valence-corrected chi connectivity index (χ0v) is 18.8. The first-order chi connectivity index (χ1) is 14.4. The molecule has 1 aromatic heterocycles. The Morgan fingerprint density at radius 2 is 1.93 bits per heavy atom. The van der Waals surface area contributed by atoms with Crippen LogP contribution in [0.5, 0.6) is 0 Å². The molecule has 162 valence electrons. The summed E-state index contributed by atoms with van der Waals surface area (Å²) in [4.78, 5) is 20.5. The predicted octanol–water partition coefficient (Wildman–Crippen LogP) is 3.25. The summed E-state index contributed by atoms with van der Waals surface area (Å²) in [6.07, 6.45) is 6.07. The van der Waals surface area contributed by atoms with Gasteiger partial charge in [0.05, 0.1) is 4.90 Å². The number of nitrogens with zero attached hydrogens (tertiary/aromatic N) is 2. The molecule has 2 atom stereocenters. The van der Waals surface area contributed by atoms with Gasteiger partial charge in [-0.1, -0.05) is 24.6 Å². The molecular weight excluding hydrogens is 420 g/mol. The largest absolute Gasteiger partial charge is 0.350 e. The van der Waals surface area contributed by atoms with Crippen LogP contribution in [0.2, 0.25) is 0 Å². The number of piperidine rings is 2. The third-order valence-corrected chi connectivity index (χ3v) is 8.41. The van der Waals surface area contributed by atoms with Crippen molar-refractivity contribution in [3.05, 3.63) is 40.9 Å². The van der Waals surface area contributed by atoms with Crippen LogP contribution >= 0.6 is 11.3 Å². The summed E-state index contributed by atoms with van der Waals surface area (Å²) in [7, 11) is -3.72. The van der Waals surface area contributed by atoms with E-state index in [4.69, 9.17) is 0 Å². The molecule has 1 amide bonds. The summed E-state index contributed by atoms with van der Waals surface area (Å²) >= 11 is 1.17. The molecule has 2 aliphatic rings. The van der Waals surface area contributed by atoms with E-state index in [1.165, 1.54) is 62.2 Å². The number of sulfonamides is 1. The molecule has 4 rings (SSSR count). The van der Waals surface area contributed by atoms with Crippen molar-refractivity contribution in [1.29, 1.82) is 0 Å². The molecule has 0 bridgehead atoms. The lowest BCUT2D eigenvalue weighted by molar-refractivity contribution is 0.0575. The van der Waals surface area contributed by atoms with Crippen molar-refractivity contribution in [2.75, 3.05) is 24.4 Å². The smallest absolute Gasteiger partial charge is 0.271 e. The lowest BCUT2D eigenvalue weighted by Crippen LogP contribution is -2.51. The molecule has 0 saturated carbocycles. The van der Waals surface area contributed by atoms with E-state index < -0.39 is 10.0 Å². The summed E-state index contributed by atoms with van der Waals surface area (Å²) in [5, 5.41) is 3.26. The van der Waals surface area contributed by atoms with Crippen molar-refractivity contribution in [2.24, 2.45) is 5.92 Å². The number of benzene rings is 1. The fourth-order valence-corrected chi connectivity index (χ4v) is 6.61. The second-order valence-electron chi connectivity index (χ2n) is 8.05. The maximum atomic E-state index is 12.8. The highest BCUT2D eigenvalue weighted by atomic mass is 32.2. The van der Waals surface area contributed by atoms with Crippen molar-refractivity contribution in [3.8, 4) is 0 Å². The third kappa shape index (κ3) is 4.68. The van der Waals surface area contributed by atoms with Crippen LogP contribution in [-0.4, -0.2) is 49.9 Å². The minimum absolute atomic E-state index is 0.165. The summed E-state index contributed by atoms with van der Waals surface area (Å²) in [5.74, 6) is 0.236. The summed E-state index contributed by atoms with van der Waals surface area (Å²) in [6, 6.07) is 8.70. The molecule has 2 aliphatic heterocycles. The van der Waals surface area contributed by atoms with Gasteiger partial charge in [-0.25, -0.2) is 13.4 Å². The Morgan fingerprint density at radius 3 is 2.73 bits per heavy atom. The lowest BCUT2D eigenvalue weighted by atomic mass is 9.83. The number of rotatable bonds is 6. The van der Waals surface area contributed by atoms with Crippen LogP contribution in [-0.2, 0) is 10.0 Å². The number of carbonyl (C=O) groups excluding carboxylic acids is 1. The lowest BCUT2D eigenvalue weighted by Gasteiger charge is -2.44. The zero-order valence-electron chi connectivity index (χ0n) is 17.1. The number of anilines is 1. The number of thiazole rings is 1. The first-order valence-corrected chi connectivity index (χ1v) is 12.8. The topological polar surface area (TPSA) is 91.4 Å². The normalized spacial score (nSPS) is 22.3. The summed E-state index contributed by atoms with van der Waals surface area (Å²) < 4.78 is 27.5. The van der Waals surface area contributed by atoms with Crippen molar-refractivity contribution >= 4 is 32.4 Å². The molecule has 0 unspecified atom stereocenters. The second kappa shape index (κ2) is 9.03. The highest BCUT2D eigenvalue weighted by molar-refractivity contribution is 7.93. The maximum Gasteiger partial charge on any atom is 0.271 e. The van der Waals surface area contributed by atoms with Crippen LogP contribution in [0.25, 0.3) is 0 Å². The molecule has 2 aromatic rings. The molecule has 9 heteroatoms. The van der Waals surface area contributed by atoms with Crippen LogP contribution in [0.3, 0.4) is 0 Å². The van der Waals surface area contributed by atoms with Gasteiger partial charge in [-0.05, 0) is 63.7 Å². The van der Waals surface area contributed by atoms with E-state index >= 15 is 0 Å². The number of carbonyl (C=O) groups is 1. The van der Waals surface area contributed by atoms with E-state index in [9.17, 15) is 13.2 Å². The first kappa shape index (κ1) is 21.3. The zero-order chi connectivity index (χ0) is 21.1. The van der Waals surface area contributed by atoms with Crippen molar-refractivity contribution in [3.63, 3.8) is 0 Å². The molecule has 0 spiro atoms. The quantitative estimate of drug-likeness (QED) is 0.708. The van der Waals surface area contributed by atoms with Gasteiger partial charge in [-0.15, -0.1) is 11.3 Å². The van der Waals surface area contributed by atoms with Crippen LogP contribution in [0.4, 0.5) is 5.13 Å². The highest BCUT2D eigenvalue weighted by Gasteiger charge is 2.33. The van der Waals surface area contributed by atoms with Gasteiger partial charge in [0.1, 0.15) is 5.69 Å². The predicted molar refractivity (Wildman–Crippen MR) is 118 cm³/mol. The van der Waals surface area contributed by atoms with E-state index in [1.807, 2.05) is 0 Å². The molecule has 30 heavy (non-hydrogen) atoms. The van der Waals surface area contributed by atoms with Gasteiger partial charge in [0.2, 0.25) is 0 Å². The minimum Gasteiger partial charge on any atom is -0.350 e. The molecule has 0 radical (unpaired) electrons. The Kier molecular flexibility index (Phi) is 6.40. The van der Waals surface area contributed by atoms with Crippen molar-refractivity contribution < 1.29 is 13.2 Å². The van der Waals surface area contributed by atoms with Gasteiger partial charge < -0.3 is 10.2 Å². The maximum absolute atomic E-state index is 12.8. The van der Waals surface area contributed by atoms with E-state index in [1.54, 1.807) is 25.1 Å². The minimum atomic E-state index is -3.72. The van der Waals surface area contributed by atoms with E-state index in [0.717, 1.165) is 6.42 Å². The average molecular weight is 449 g/mol. The number of aryl methyl sites for hydroxylation is 1. The molecule has 3 heterocycles. The Bertz CT molecular complexity index is 989. The highest BCUT2D eigenvalue weighted by Crippen LogP contribution is 2.31. The molecule has 2 saturated heterocycles. The fraction of sp³-hybridized carbons (Fsp3) is 0.524. The third-order valence-electron chi connectivity index (χ3n) is 6.04. The van der Waals surface area contributed by atoms with Crippen molar-refractivity contribution in [2.45, 2.75) is 50.0 Å². The van der Waals surface area contributed by atoms with Crippen LogP contribution < -0.4 is 10.0 Å². The number of amides is 1. The van der Waals surface area contributed by atoms with Gasteiger partial charge in [-0.3, -0.25) is 9.52 Å². The van der Waals surface area contributed by atoms with Crippen LogP contribution in [0.1, 0.15) is 47.5 Å². The molecule has 7 nitrogen and oxygen atoms in total. The Labute approximate surface area is 181 Å². The Hall–Kier alpha value is -1.97. The monoisotopic (exact) mass is 448 g/mol. The van der Waals surface area contributed by atoms with Crippen molar-refractivity contribution in [1.82, 2.24) is 15.2 Å². The standard InChI is InChI=1S/C21H28N4O3S2/c1-15-19(23-21(29-15)24-30(27,28)17-9-3-2-4-10-17)20(26)22-14-16-8-7-13-25-12-6-5-11-18(16)25/h2-4,9-10,16,18H,5-8,11-14H2,1H3,(H,22,26)(H,23,24)/t16-,18-/m0/s1. The first-order valence-electron chi connectivity index (χ1n) is 10.5. The van der Waals surface area contributed by atoms with E-state index in [0.29, 0.717) is 29.1 Å². The summed E-state index contributed by atoms with van der Waals surface area (Å²) in [6.45, 7) is 4.77. The number of fused-ring (bicyclic) bond motifs is 1. The summed E-state index contributed by atoms with van der Waals surface area (Å²) in [5.41, 5.74) is 0.294. The molecule has 1 aromatic carbocycles. The van der Waals surface area contributed by atoms with Crippen LogP contribution in [0, 0.1) is 12.8 Å². The molecule has 2 fully saturated rings. The van der Waals surface area contributed by atoms with Crippen LogP contribution in [0.15, 0.2) is 35.2 Å². The SMILES string of the molecule is Cc1sc(NS(=O)(=O)c2ccccc2)nc1C(=O)NC[C@@H]1CCCN2CCCC[C@@H]12. The average Bonchev–Trinajstić information content (AvgIpc) is 3.12. The van der Waals surface area contributed by atoms with Gasteiger partial charge in [0.25, 0.3) is 15.9 Å². The van der Waals surface area contributed by atoms with Gasteiger partial charge in [0.15, 0.2) is 5.13 Å². The number of hydrogen-bond acceptors (Lipinski definition) is 6.